The van der Waals surface area contributed by atoms with Crippen LogP contribution >= 0.6 is 0 Å². The molecule has 6 nitrogen and oxygen atoms in total. The summed E-state index contributed by atoms with van der Waals surface area (Å²) in [4.78, 5) is 50.7. The Morgan fingerprint density at radius 2 is 1.05 bits per heavy atom. The van der Waals surface area contributed by atoms with Gasteiger partial charge in [0.2, 0.25) is 23.6 Å². The quantitative estimate of drug-likeness (QED) is 0.558. The predicted molar refractivity (Wildman–Crippen MR) is 65.7 cm³/mol. The lowest BCUT2D eigenvalue weighted by molar-refractivity contribution is -0.148. The van der Waals surface area contributed by atoms with Crippen molar-refractivity contribution >= 4 is 23.6 Å². The smallest absolute Gasteiger partial charge is 0.233 e. The fourth-order valence-corrected chi connectivity index (χ4v) is 4.86. The van der Waals surface area contributed by atoms with Crippen LogP contribution in [-0.2, 0) is 19.2 Å². The van der Waals surface area contributed by atoms with Gasteiger partial charge >= 0.3 is 0 Å². The first-order valence-electron chi connectivity index (χ1n) is 7.06. The van der Waals surface area contributed by atoms with Crippen molar-refractivity contribution in [1.29, 1.82) is 0 Å². The average Bonchev–Trinajstić information content (AvgIpc) is 2.74. The molecule has 0 aromatic heterocycles. The zero-order chi connectivity index (χ0) is 14.3. The standard InChI is InChI=1S/C14H16N2O4/c1-15-11(17)7-3-5-6(4-8(7)12(15)18)10-9(5)13(19)16(2)14(10)20/h5-10H,3-4H2,1-2H3. The van der Waals surface area contributed by atoms with E-state index in [4.69, 9.17) is 0 Å². The van der Waals surface area contributed by atoms with Crippen molar-refractivity contribution in [2.75, 3.05) is 14.1 Å². The van der Waals surface area contributed by atoms with E-state index in [0.717, 1.165) is 0 Å². The zero-order valence-electron chi connectivity index (χ0n) is 11.4. The normalized spacial score (nSPS) is 46.3. The van der Waals surface area contributed by atoms with E-state index >= 15 is 0 Å². The van der Waals surface area contributed by atoms with Gasteiger partial charge in [0.25, 0.3) is 0 Å². The van der Waals surface area contributed by atoms with Crippen molar-refractivity contribution in [2.45, 2.75) is 12.8 Å². The summed E-state index contributed by atoms with van der Waals surface area (Å²) in [5.41, 5.74) is 0. The SMILES string of the molecule is CN1C(=O)C2CC3C(CC2C1=O)C1C(=O)N(C)C(=O)C31. The van der Waals surface area contributed by atoms with Crippen molar-refractivity contribution in [3.8, 4) is 0 Å². The summed E-state index contributed by atoms with van der Waals surface area (Å²) in [7, 11) is 3.05. The number of rotatable bonds is 0. The first-order chi connectivity index (χ1) is 9.43. The van der Waals surface area contributed by atoms with Gasteiger partial charge in [-0.15, -0.1) is 0 Å². The molecule has 0 radical (unpaired) electrons. The average molecular weight is 276 g/mol. The van der Waals surface area contributed by atoms with Crippen LogP contribution in [-0.4, -0.2) is 47.5 Å². The molecule has 0 spiro atoms. The first-order valence-corrected chi connectivity index (χ1v) is 7.06. The van der Waals surface area contributed by atoms with Gasteiger partial charge in [0.15, 0.2) is 0 Å². The third-order valence-corrected chi connectivity index (χ3v) is 5.92. The molecule has 4 amide bonds. The Bertz CT molecular complexity index is 490. The van der Waals surface area contributed by atoms with E-state index in [2.05, 4.69) is 0 Å². The van der Waals surface area contributed by atoms with Crippen LogP contribution in [0.2, 0.25) is 0 Å². The summed E-state index contributed by atoms with van der Waals surface area (Å²) < 4.78 is 0. The van der Waals surface area contributed by atoms with Crippen LogP contribution in [0.3, 0.4) is 0 Å². The molecule has 2 saturated carbocycles. The molecular formula is C14H16N2O4. The van der Waals surface area contributed by atoms with Crippen LogP contribution in [0, 0.1) is 35.5 Å². The molecule has 106 valence electrons. The molecular weight excluding hydrogens is 260 g/mol. The number of hydrogen-bond donors (Lipinski definition) is 0. The zero-order valence-corrected chi connectivity index (χ0v) is 11.4. The molecule has 6 unspecified atom stereocenters. The van der Waals surface area contributed by atoms with E-state index in [1.165, 1.54) is 23.9 Å². The van der Waals surface area contributed by atoms with E-state index in [1.807, 2.05) is 0 Å². The Labute approximate surface area is 116 Å². The monoisotopic (exact) mass is 276 g/mol. The highest BCUT2D eigenvalue weighted by Crippen LogP contribution is 2.60. The molecule has 4 fully saturated rings. The molecule has 2 heterocycles. The van der Waals surface area contributed by atoms with Gasteiger partial charge in [0.1, 0.15) is 0 Å². The lowest BCUT2D eigenvalue weighted by Gasteiger charge is -2.51. The maximum absolute atomic E-state index is 12.1. The van der Waals surface area contributed by atoms with E-state index in [9.17, 15) is 19.2 Å². The van der Waals surface area contributed by atoms with E-state index < -0.39 is 0 Å². The Morgan fingerprint density at radius 1 is 0.700 bits per heavy atom. The Hall–Kier alpha value is -1.72. The van der Waals surface area contributed by atoms with Gasteiger partial charge in [-0.25, -0.2) is 0 Å². The molecule has 6 heteroatoms. The van der Waals surface area contributed by atoms with Crippen LogP contribution in [0.25, 0.3) is 0 Å². The van der Waals surface area contributed by atoms with Crippen LogP contribution in [0.1, 0.15) is 12.8 Å². The van der Waals surface area contributed by atoms with E-state index in [-0.39, 0.29) is 59.1 Å². The molecule has 20 heavy (non-hydrogen) atoms. The highest BCUT2D eigenvalue weighted by atomic mass is 16.2. The number of imide groups is 2. The van der Waals surface area contributed by atoms with Crippen molar-refractivity contribution in [2.24, 2.45) is 35.5 Å². The topological polar surface area (TPSA) is 74.8 Å². The Balaban J connectivity index is 1.66. The molecule has 2 aliphatic carbocycles. The van der Waals surface area contributed by atoms with Crippen LogP contribution in [0.15, 0.2) is 0 Å². The lowest BCUT2D eigenvalue weighted by Crippen LogP contribution is -2.53. The molecule has 2 aliphatic heterocycles. The number of hydrogen-bond acceptors (Lipinski definition) is 4. The minimum absolute atomic E-state index is 0.103. The van der Waals surface area contributed by atoms with Gasteiger partial charge in [0.05, 0.1) is 23.7 Å². The fraction of sp³-hybridized carbons (Fsp3) is 0.714. The number of carbonyl (C=O) groups is 4. The number of amides is 4. The third kappa shape index (κ3) is 1.12. The maximum atomic E-state index is 12.1. The summed E-state index contributed by atoms with van der Waals surface area (Å²) in [5, 5.41) is 0. The third-order valence-electron chi connectivity index (χ3n) is 5.92. The predicted octanol–water partition coefficient (Wildman–Crippen LogP) is -0.512. The fourth-order valence-electron chi connectivity index (χ4n) is 4.86. The summed E-state index contributed by atoms with van der Waals surface area (Å²) in [6.07, 6.45) is 1.16. The van der Waals surface area contributed by atoms with Crippen LogP contribution in [0.5, 0.6) is 0 Å². The van der Waals surface area contributed by atoms with Gasteiger partial charge in [-0.1, -0.05) is 0 Å². The molecule has 0 bridgehead atoms. The maximum Gasteiger partial charge on any atom is 0.233 e. The van der Waals surface area contributed by atoms with E-state index in [0.29, 0.717) is 12.8 Å². The first kappa shape index (κ1) is 12.1. The molecule has 4 rings (SSSR count). The Morgan fingerprint density at radius 3 is 1.45 bits per heavy atom. The number of nitrogens with zero attached hydrogens (tertiary/aromatic N) is 2. The van der Waals surface area contributed by atoms with Crippen molar-refractivity contribution in [3.63, 3.8) is 0 Å². The summed E-state index contributed by atoms with van der Waals surface area (Å²) >= 11 is 0. The van der Waals surface area contributed by atoms with Gasteiger partial charge in [-0.2, -0.15) is 0 Å². The van der Waals surface area contributed by atoms with Crippen molar-refractivity contribution in [1.82, 2.24) is 9.80 Å². The van der Waals surface area contributed by atoms with Gasteiger partial charge in [0, 0.05) is 14.1 Å². The molecule has 0 N–H and O–H groups in total. The van der Waals surface area contributed by atoms with Crippen LogP contribution in [0.4, 0.5) is 0 Å². The van der Waals surface area contributed by atoms with E-state index in [1.54, 1.807) is 0 Å². The minimum Gasteiger partial charge on any atom is -0.285 e. The van der Waals surface area contributed by atoms with Gasteiger partial charge < -0.3 is 0 Å². The highest BCUT2D eigenvalue weighted by molar-refractivity contribution is 6.08. The Kier molecular flexibility index (Phi) is 2.10. The van der Waals surface area contributed by atoms with Crippen molar-refractivity contribution in [3.05, 3.63) is 0 Å². The van der Waals surface area contributed by atoms with Crippen LogP contribution < -0.4 is 0 Å². The van der Waals surface area contributed by atoms with Gasteiger partial charge in [-0.05, 0) is 24.7 Å². The number of fused-ring (bicyclic) bond motifs is 5. The second kappa shape index (κ2) is 3.48. The second-order valence-corrected chi connectivity index (χ2v) is 6.53. The largest absolute Gasteiger partial charge is 0.285 e. The van der Waals surface area contributed by atoms with Gasteiger partial charge in [-0.3, -0.25) is 29.0 Å². The minimum atomic E-state index is -0.275. The highest BCUT2D eigenvalue weighted by Gasteiger charge is 2.67. The summed E-state index contributed by atoms with van der Waals surface area (Å²) in [6, 6.07) is 0. The molecule has 0 aromatic rings. The summed E-state index contributed by atoms with van der Waals surface area (Å²) in [6.45, 7) is 0. The van der Waals surface area contributed by atoms with Crippen molar-refractivity contribution < 1.29 is 19.2 Å². The molecule has 4 aliphatic rings. The number of likely N-dealkylation sites (tertiary alicyclic amines) is 2. The lowest BCUT2D eigenvalue weighted by atomic mass is 9.49. The molecule has 0 aromatic carbocycles. The summed E-state index contributed by atoms with van der Waals surface area (Å²) in [5.74, 6) is -1.28. The number of carbonyl (C=O) groups excluding carboxylic acids is 4. The molecule has 2 saturated heterocycles. The molecule has 6 atom stereocenters. The second-order valence-electron chi connectivity index (χ2n) is 6.53.